The highest BCUT2D eigenvalue weighted by Crippen LogP contribution is 2.38. The Hall–Kier alpha value is -4.56. The minimum Gasteiger partial charge on any atom is -0.502 e. The van der Waals surface area contributed by atoms with Gasteiger partial charge in [-0.25, -0.2) is 9.59 Å². The summed E-state index contributed by atoms with van der Waals surface area (Å²) in [7, 11) is 2.59. The molecule has 5 atom stereocenters. The molecule has 1 fully saturated rings. The lowest BCUT2D eigenvalue weighted by Gasteiger charge is -2.40. The third-order valence-electron chi connectivity index (χ3n) is 6.69. The van der Waals surface area contributed by atoms with Gasteiger partial charge in [-0.1, -0.05) is 30.3 Å². The molecule has 1 aliphatic rings. The molecule has 0 amide bonds. The Labute approximate surface area is 246 Å². The molecule has 3 aromatic rings. The Kier molecular flexibility index (Phi) is 10.3. The van der Waals surface area contributed by atoms with Crippen molar-refractivity contribution in [1.29, 1.82) is 0 Å². The zero-order valence-electron chi connectivity index (χ0n) is 23.3. The second-order valence-corrected chi connectivity index (χ2v) is 9.51. The molecule has 13 nitrogen and oxygen atoms in total. The molecule has 0 unspecified atom stereocenters. The van der Waals surface area contributed by atoms with Crippen LogP contribution >= 0.6 is 0 Å². The molecule has 43 heavy (non-hydrogen) atoms. The van der Waals surface area contributed by atoms with Gasteiger partial charge < -0.3 is 54.0 Å². The van der Waals surface area contributed by atoms with Gasteiger partial charge in [-0.05, 0) is 35.9 Å². The van der Waals surface area contributed by atoms with Crippen molar-refractivity contribution in [3.8, 4) is 28.7 Å². The van der Waals surface area contributed by atoms with Crippen molar-refractivity contribution in [3.63, 3.8) is 0 Å². The highest BCUT2D eigenvalue weighted by atomic mass is 16.7. The van der Waals surface area contributed by atoms with Crippen LogP contribution in [0.25, 0.3) is 0 Å². The molecule has 4 rings (SSSR count). The van der Waals surface area contributed by atoms with Crippen LogP contribution in [0.4, 0.5) is 0 Å². The molecule has 1 saturated heterocycles. The molecule has 0 spiro atoms. The number of aliphatic hydroxyl groups is 3. The number of hydrogen-bond acceptors (Lipinski definition) is 12. The van der Waals surface area contributed by atoms with Crippen LogP contribution in [0.1, 0.15) is 26.3 Å². The molecule has 0 aliphatic carbocycles. The lowest BCUT2D eigenvalue weighted by molar-refractivity contribution is -0.277. The first-order chi connectivity index (χ1) is 20.6. The molecule has 5 N–H and O–H groups in total. The topological polar surface area (TPSA) is 191 Å². The molecule has 0 bridgehead atoms. The van der Waals surface area contributed by atoms with Gasteiger partial charge in [-0.2, -0.15) is 0 Å². The number of carbonyl (C=O) groups excluding carboxylic acids is 1. The first kappa shape index (κ1) is 31.4. The summed E-state index contributed by atoms with van der Waals surface area (Å²) in [6.07, 6.45) is -7.47. The number of aromatic hydroxyl groups is 1. The molecule has 0 aromatic heterocycles. The van der Waals surface area contributed by atoms with E-state index < -0.39 is 49.3 Å². The van der Waals surface area contributed by atoms with Crippen LogP contribution in [0.15, 0.2) is 60.7 Å². The quantitative estimate of drug-likeness (QED) is 0.189. The minimum atomic E-state index is -1.75. The van der Waals surface area contributed by atoms with E-state index in [2.05, 4.69) is 0 Å². The van der Waals surface area contributed by atoms with Gasteiger partial charge in [0.1, 0.15) is 31.0 Å². The average Bonchev–Trinajstić information content (AvgIpc) is 3.01. The van der Waals surface area contributed by atoms with Gasteiger partial charge in [0.25, 0.3) is 0 Å². The normalized spacial score (nSPS) is 21.5. The molecule has 0 saturated carbocycles. The summed E-state index contributed by atoms with van der Waals surface area (Å²) in [5.74, 6) is -2.42. The van der Waals surface area contributed by atoms with Gasteiger partial charge in [-0.15, -0.1) is 0 Å². The molecule has 1 heterocycles. The fourth-order valence-electron chi connectivity index (χ4n) is 4.31. The first-order valence-electron chi connectivity index (χ1n) is 13.2. The maximum absolute atomic E-state index is 13.0. The van der Waals surface area contributed by atoms with Crippen molar-refractivity contribution in [2.75, 3.05) is 27.4 Å². The van der Waals surface area contributed by atoms with E-state index in [9.17, 15) is 35.1 Å². The Bertz CT molecular complexity index is 1410. The fraction of sp³-hybridized carbons (Fsp3) is 0.333. The van der Waals surface area contributed by atoms with E-state index in [1.165, 1.54) is 44.6 Å². The van der Waals surface area contributed by atoms with Crippen LogP contribution < -0.4 is 18.9 Å². The van der Waals surface area contributed by atoms with Gasteiger partial charge >= 0.3 is 11.9 Å². The Morgan fingerprint density at radius 2 is 1.49 bits per heavy atom. The van der Waals surface area contributed by atoms with Crippen molar-refractivity contribution >= 4 is 11.9 Å². The summed E-state index contributed by atoms with van der Waals surface area (Å²) < 4.78 is 32.6. The van der Waals surface area contributed by atoms with Gasteiger partial charge in [-0.3, -0.25) is 0 Å². The number of hydrogen-bond donors (Lipinski definition) is 5. The zero-order valence-corrected chi connectivity index (χ0v) is 23.3. The smallest absolute Gasteiger partial charge is 0.338 e. The molecule has 13 heteroatoms. The third kappa shape index (κ3) is 7.45. The van der Waals surface area contributed by atoms with Crippen LogP contribution in [0.5, 0.6) is 28.7 Å². The molecule has 0 radical (unpaired) electrons. The average molecular weight is 601 g/mol. The van der Waals surface area contributed by atoms with E-state index in [1.54, 1.807) is 0 Å². The predicted octanol–water partition coefficient (Wildman–Crippen LogP) is 1.77. The lowest BCUT2D eigenvalue weighted by atomic mass is 9.99. The Morgan fingerprint density at radius 3 is 2.16 bits per heavy atom. The van der Waals surface area contributed by atoms with Gasteiger partial charge in [0.15, 0.2) is 23.0 Å². The summed E-state index contributed by atoms with van der Waals surface area (Å²) >= 11 is 0. The van der Waals surface area contributed by atoms with Crippen LogP contribution in [-0.2, 0) is 15.9 Å². The van der Waals surface area contributed by atoms with Crippen LogP contribution in [-0.4, -0.2) is 95.6 Å². The number of aliphatic hydroxyl groups excluding tert-OH is 3. The predicted molar refractivity (Wildman–Crippen MR) is 148 cm³/mol. The number of methoxy groups -OCH3 is 2. The summed E-state index contributed by atoms with van der Waals surface area (Å²) in [5.41, 5.74) is 0.900. The minimum absolute atomic E-state index is 0.00753. The van der Waals surface area contributed by atoms with E-state index in [4.69, 9.17) is 28.4 Å². The van der Waals surface area contributed by atoms with Gasteiger partial charge in [0, 0.05) is 6.42 Å². The van der Waals surface area contributed by atoms with E-state index in [-0.39, 0.29) is 46.5 Å². The van der Waals surface area contributed by atoms with Crippen LogP contribution in [0.3, 0.4) is 0 Å². The van der Waals surface area contributed by atoms with Crippen molar-refractivity contribution in [1.82, 2.24) is 0 Å². The number of ether oxygens (including phenoxy) is 6. The molecular weight excluding hydrogens is 568 g/mol. The second kappa shape index (κ2) is 14.1. The Balaban J connectivity index is 1.43. The van der Waals surface area contributed by atoms with Gasteiger partial charge in [0.2, 0.25) is 12.0 Å². The SMILES string of the molecule is COc1cc(C(=O)O)ccc1O[C@@H]1O[C@H](COC(=O)c2cc(OC)c(O)c(OCCc3ccccc3)c2)[C@@H](O)[C@H](O)[C@H]1O. The fourth-order valence-corrected chi connectivity index (χ4v) is 4.31. The highest BCUT2D eigenvalue weighted by Gasteiger charge is 2.45. The first-order valence-corrected chi connectivity index (χ1v) is 13.2. The molecule has 230 valence electrons. The molecule has 3 aromatic carbocycles. The van der Waals surface area contributed by atoms with E-state index >= 15 is 0 Å². The zero-order chi connectivity index (χ0) is 31.1. The van der Waals surface area contributed by atoms with E-state index in [1.807, 2.05) is 30.3 Å². The summed E-state index contributed by atoms with van der Waals surface area (Å²) in [5, 5.41) is 51.0. The number of phenols is 1. The van der Waals surface area contributed by atoms with Crippen molar-refractivity contribution in [2.24, 2.45) is 0 Å². The summed E-state index contributed by atoms with van der Waals surface area (Å²) in [6.45, 7) is -0.362. The third-order valence-corrected chi connectivity index (χ3v) is 6.69. The van der Waals surface area contributed by atoms with E-state index in [0.29, 0.717) is 6.42 Å². The van der Waals surface area contributed by atoms with Crippen LogP contribution in [0.2, 0.25) is 0 Å². The summed E-state index contributed by atoms with van der Waals surface area (Å²) in [6, 6.07) is 15.8. The molecular formula is C30H32O13. The van der Waals surface area contributed by atoms with Crippen LogP contribution in [0, 0.1) is 0 Å². The second-order valence-electron chi connectivity index (χ2n) is 9.51. The monoisotopic (exact) mass is 600 g/mol. The van der Waals surface area contributed by atoms with Gasteiger partial charge in [0.05, 0.1) is 32.0 Å². The van der Waals surface area contributed by atoms with Crippen molar-refractivity contribution in [3.05, 3.63) is 77.4 Å². The Morgan fingerprint density at radius 1 is 0.814 bits per heavy atom. The van der Waals surface area contributed by atoms with Crippen molar-refractivity contribution < 1.29 is 63.5 Å². The number of esters is 1. The van der Waals surface area contributed by atoms with Crippen molar-refractivity contribution in [2.45, 2.75) is 37.1 Å². The maximum Gasteiger partial charge on any atom is 0.338 e. The number of phenolic OH excluding ortho intramolecular Hbond substituents is 1. The number of benzene rings is 3. The number of carboxylic acids is 1. The summed E-state index contributed by atoms with van der Waals surface area (Å²) in [4.78, 5) is 24.2. The van der Waals surface area contributed by atoms with E-state index in [0.717, 1.165) is 5.56 Å². The molecule has 1 aliphatic heterocycles. The standard InChI is InChI=1S/C30H32O13/c1-38-20-12-17(28(35)36)8-9-19(20)42-30-27(34)26(33)25(32)23(43-30)15-41-29(37)18-13-21(39-2)24(31)22(14-18)40-11-10-16-6-4-3-5-7-16/h3-9,12-14,23,25-27,30-34H,10-11,15H2,1-2H3,(H,35,36)/t23-,25-,26+,27-,30-/m1/s1. The number of carbonyl (C=O) groups is 2. The largest absolute Gasteiger partial charge is 0.502 e. The number of carboxylic acid groups (broad SMARTS) is 1. The maximum atomic E-state index is 13.0. The lowest BCUT2D eigenvalue weighted by Crippen LogP contribution is -2.60. The highest BCUT2D eigenvalue weighted by molar-refractivity contribution is 5.91. The number of aromatic carboxylic acids is 1. The number of rotatable bonds is 12.